The molecule has 0 heterocycles. The van der Waals surface area contributed by atoms with Crippen LogP contribution in [-0.4, -0.2) is 85.9 Å². The lowest BCUT2D eigenvalue weighted by Crippen LogP contribution is -2.29. The summed E-state index contributed by atoms with van der Waals surface area (Å²) in [5.74, 6) is -2.58. The molecule has 55 heavy (non-hydrogen) atoms. The highest BCUT2D eigenvalue weighted by Crippen LogP contribution is 2.29. The number of hydrogen-bond acceptors (Lipinski definition) is 13. The van der Waals surface area contributed by atoms with Crippen LogP contribution in [-0.2, 0) is 35.1 Å². The van der Waals surface area contributed by atoms with Gasteiger partial charge in [-0.15, -0.1) is 12.8 Å². The number of aliphatic carboxylic acids is 1. The number of phenolic OH excluding ortho intramolecular Hbond substituents is 6. The van der Waals surface area contributed by atoms with Gasteiger partial charge < -0.3 is 50.3 Å². The highest BCUT2D eigenvalue weighted by atomic mass is 16.5. The van der Waals surface area contributed by atoms with E-state index in [-0.39, 0.29) is 53.0 Å². The molecule has 1 aliphatic rings. The van der Waals surface area contributed by atoms with Gasteiger partial charge in [0.05, 0.1) is 13.0 Å². The Morgan fingerprint density at radius 2 is 1.24 bits per heavy atom. The highest BCUT2D eigenvalue weighted by Gasteiger charge is 2.29. The van der Waals surface area contributed by atoms with Gasteiger partial charge in [0.1, 0.15) is 12.4 Å². The van der Waals surface area contributed by atoms with E-state index in [0.717, 1.165) is 24.7 Å². The van der Waals surface area contributed by atoms with Gasteiger partial charge in [-0.25, -0.2) is 0 Å². The summed E-state index contributed by atoms with van der Waals surface area (Å²) in [6, 6.07) is 13.4. The van der Waals surface area contributed by atoms with Crippen LogP contribution in [0.25, 0.3) is 12.2 Å². The van der Waals surface area contributed by atoms with E-state index in [2.05, 4.69) is 17.6 Å². The largest absolute Gasteiger partial charge is 0.504 e. The number of aromatic hydroxyl groups is 6. The Kier molecular flexibility index (Phi) is 32.1. The molecule has 1 aliphatic carbocycles. The Labute approximate surface area is 322 Å². The Morgan fingerprint density at radius 3 is 1.65 bits per heavy atom. The van der Waals surface area contributed by atoms with Crippen LogP contribution in [0.5, 0.6) is 34.5 Å². The summed E-state index contributed by atoms with van der Waals surface area (Å²) in [7, 11) is 2.31. The maximum Gasteiger partial charge on any atom is 0.306 e. The predicted molar refractivity (Wildman–Crippen MR) is 209 cm³/mol. The van der Waals surface area contributed by atoms with Crippen LogP contribution in [0, 0.1) is 18.8 Å². The number of benzene rings is 3. The second-order valence-corrected chi connectivity index (χ2v) is 10.5. The van der Waals surface area contributed by atoms with Gasteiger partial charge in [0.15, 0.2) is 34.5 Å². The fourth-order valence-electron chi connectivity index (χ4n) is 4.32. The lowest BCUT2D eigenvalue weighted by Gasteiger charge is -2.26. The number of terminal acetylenes is 1. The van der Waals surface area contributed by atoms with Crippen LogP contribution in [0.3, 0.4) is 0 Å². The van der Waals surface area contributed by atoms with Gasteiger partial charge in [-0.3, -0.25) is 19.2 Å². The van der Waals surface area contributed by atoms with Gasteiger partial charge in [0.25, 0.3) is 6.47 Å². The van der Waals surface area contributed by atoms with Crippen molar-refractivity contribution in [2.24, 2.45) is 5.92 Å². The molecule has 0 amide bonds. The molecule has 0 spiro atoms. The molecular formula is C41H54O14. The number of aldehydes is 1. The number of aryl methyl sites for hydroxylation is 1. The summed E-state index contributed by atoms with van der Waals surface area (Å²) in [6.07, 6.45) is 17.9. The molecule has 302 valence electrons. The zero-order valence-electron chi connectivity index (χ0n) is 31.7. The Balaban J connectivity index is -0.000000698. The Hall–Kier alpha value is -6.46. The van der Waals surface area contributed by atoms with Crippen LogP contribution in [0.15, 0.2) is 66.7 Å². The van der Waals surface area contributed by atoms with Crippen molar-refractivity contribution in [3.05, 3.63) is 83.4 Å². The number of carboxylic acids is 1. The van der Waals surface area contributed by atoms with Gasteiger partial charge in [0.2, 0.25) is 0 Å². The average molecular weight is 771 g/mol. The molecule has 2 atom stereocenters. The molecule has 1 fully saturated rings. The third-order valence-electron chi connectivity index (χ3n) is 6.75. The molecule has 3 aromatic carbocycles. The van der Waals surface area contributed by atoms with E-state index in [1.54, 1.807) is 18.2 Å². The average Bonchev–Trinajstić information content (AvgIpc) is 3.20. The Morgan fingerprint density at radius 1 is 0.764 bits per heavy atom. The van der Waals surface area contributed by atoms with Crippen LogP contribution in [0.4, 0.5) is 0 Å². The number of rotatable bonds is 9. The van der Waals surface area contributed by atoms with E-state index in [1.807, 2.05) is 32.9 Å². The second kappa shape index (κ2) is 33.4. The molecule has 4 rings (SSSR count). The van der Waals surface area contributed by atoms with Crippen LogP contribution < -0.4 is 0 Å². The number of allylic oxidation sites excluding steroid dienone is 2. The number of aliphatic hydroxyl groups is 1. The smallest absolute Gasteiger partial charge is 0.306 e. The number of carbonyl (C=O) groups is 4. The van der Waals surface area contributed by atoms with Crippen molar-refractivity contribution in [3.8, 4) is 47.3 Å². The van der Waals surface area contributed by atoms with E-state index >= 15 is 0 Å². The molecule has 0 unspecified atom stereocenters. The molecule has 0 radical (unpaired) electrons. The summed E-state index contributed by atoms with van der Waals surface area (Å²) in [4.78, 5) is 41.7. The van der Waals surface area contributed by atoms with E-state index in [4.69, 9.17) is 40.2 Å². The van der Waals surface area contributed by atoms with Crippen molar-refractivity contribution in [2.45, 2.75) is 65.4 Å². The number of ether oxygens (including phenoxy) is 2. The molecule has 0 bridgehead atoms. The molecule has 8 N–H and O–H groups in total. The van der Waals surface area contributed by atoms with Gasteiger partial charge in [-0.2, -0.15) is 0 Å². The Bertz CT molecular complexity index is 1610. The molecule has 0 aliphatic heterocycles. The van der Waals surface area contributed by atoms with Crippen LogP contribution in [0.2, 0.25) is 0 Å². The topological polar surface area (TPSA) is 249 Å². The molecule has 1 saturated carbocycles. The van der Waals surface area contributed by atoms with E-state index in [9.17, 15) is 24.6 Å². The first-order chi connectivity index (χ1) is 26.3. The summed E-state index contributed by atoms with van der Waals surface area (Å²) < 4.78 is 9.19. The van der Waals surface area contributed by atoms with Crippen molar-refractivity contribution < 1.29 is 69.5 Å². The van der Waals surface area contributed by atoms with E-state index in [1.165, 1.54) is 55.7 Å². The zero-order chi connectivity index (χ0) is 42.8. The number of hydrogen-bond donors (Lipinski definition) is 8. The number of esters is 1. The monoisotopic (exact) mass is 770 g/mol. The van der Waals surface area contributed by atoms with Crippen molar-refractivity contribution in [3.63, 3.8) is 0 Å². The first-order valence-corrected chi connectivity index (χ1v) is 16.8. The third kappa shape index (κ3) is 24.4. The van der Waals surface area contributed by atoms with E-state index < -0.39 is 11.9 Å². The molecule has 14 nitrogen and oxygen atoms in total. The summed E-state index contributed by atoms with van der Waals surface area (Å²) in [5, 5.41) is 70.5. The number of carbonyl (C=O) groups excluding carboxylic acids is 3. The number of phenols is 6. The number of carboxylic acid groups (broad SMARTS) is 1. The second-order valence-electron chi connectivity index (χ2n) is 10.5. The van der Waals surface area contributed by atoms with Crippen molar-refractivity contribution in [1.29, 1.82) is 0 Å². The van der Waals surface area contributed by atoms with Crippen molar-refractivity contribution in [2.75, 3.05) is 14.2 Å². The molecule has 3 aromatic rings. The van der Waals surface area contributed by atoms with Crippen molar-refractivity contribution in [1.82, 2.24) is 0 Å². The summed E-state index contributed by atoms with van der Waals surface area (Å²) in [6.45, 7) is 6.27. The fraction of sp³-hybridized carbons (Fsp3) is 0.317. The van der Waals surface area contributed by atoms with Crippen LogP contribution in [0.1, 0.15) is 69.6 Å². The maximum absolute atomic E-state index is 11.8. The van der Waals surface area contributed by atoms with Gasteiger partial charge in [-0.1, -0.05) is 50.3 Å². The predicted octanol–water partition coefficient (Wildman–Crippen LogP) is 6.33. The van der Waals surface area contributed by atoms with Gasteiger partial charge in [-0.05, 0) is 98.2 Å². The number of methoxy groups -OCH3 is 1. The fourth-order valence-corrected chi connectivity index (χ4v) is 4.32. The van der Waals surface area contributed by atoms with E-state index in [0.29, 0.717) is 44.0 Å². The lowest BCUT2D eigenvalue weighted by atomic mass is 9.87. The maximum atomic E-state index is 11.8. The summed E-state index contributed by atoms with van der Waals surface area (Å²) >= 11 is 0. The standard InChI is InChI=1S/C16H20O6.C9H8O3.C9H10O2.C2H4O2.C2H6.C2H2.CH4O/c17-13-6-4-10(8-14(13)18)5-7-15(19)22-12-3-1-2-11(9-12)16(20)21;10-5-1-2-7-3-4-8(11)9(12)6-7;1-2-3-7-4-5-8(10)9(11)6-7;1-4-2-3;3*1-2/h4,6,8,11-12,17-18H,1-3,5,7,9H2,(H,20,21);1-6,11-12H;2-6,10-11H,1H3;2H,1H3;1-2H3;1-2H;2H,1H3/b;2-1+;3-2+;;;;/t11-,12+;;;;;;/m1....../s1. The SMILES string of the molecule is C#C.C/C=C/c1ccc(O)c(O)c1.CC.CO.COC=O.O=C(CCc1ccc(O)c(O)c1)O[C@H]1CCC[C@@H](C(=O)O)C1.O=C/C=C/c1ccc(O)c(O)c1. The third-order valence-corrected chi connectivity index (χ3v) is 6.75. The number of aliphatic hydroxyl groups excluding tert-OH is 1. The van der Waals surface area contributed by atoms with Crippen LogP contribution >= 0.6 is 0 Å². The minimum Gasteiger partial charge on any atom is -0.504 e. The molecule has 0 aromatic heterocycles. The minimum absolute atomic E-state index is 0.0828. The molecular weight excluding hydrogens is 716 g/mol. The zero-order valence-corrected chi connectivity index (χ0v) is 31.7. The van der Waals surface area contributed by atoms with Gasteiger partial charge >= 0.3 is 11.9 Å². The first kappa shape index (κ1) is 52.9. The van der Waals surface area contributed by atoms with Gasteiger partial charge in [0, 0.05) is 13.5 Å². The van der Waals surface area contributed by atoms with Crippen molar-refractivity contribution >= 4 is 36.8 Å². The lowest BCUT2D eigenvalue weighted by molar-refractivity contribution is -0.155. The highest BCUT2D eigenvalue weighted by molar-refractivity contribution is 5.74. The molecule has 14 heteroatoms. The first-order valence-electron chi connectivity index (χ1n) is 16.8. The summed E-state index contributed by atoms with van der Waals surface area (Å²) in [5.41, 5.74) is 2.26. The quantitative estimate of drug-likeness (QED) is 0.0389. The normalized spacial score (nSPS) is 13.5. The molecule has 0 saturated heterocycles. The minimum atomic E-state index is -0.833.